The molecular weight excluding hydrogens is 228 g/mol. The Bertz CT molecular complexity index is 513. The highest BCUT2D eigenvalue weighted by Crippen LogP contribution is 2.25. The molecule has 0 unspecified atom stereocenters. The summed E-state index contributed by atoms with van der Waals surface area (Å²) in [7, 11) is 0. The summed E-state index contributed by atoms with van der Waals surface area (Å²) >= 11 is 7.42. The number of halogens is 1. The highest BCUT2D eigenvalue weighted by atomic mass is 35.5. The molecule has 2 rings (SSSR count). The van der Waals surface area contributed by atoms with Crippen molar-refractivity contribution < 1.29 is 0 Å². The van der Waals surface area contributed by atoms with E-state index in [1.807, 2.05) is 29.6 Å². The van der Waals surface area contributed by atoms with Gasteiger partial charge < -0.3 is 0 Å². The molecular formula is C11H7ClN2S. The Labute approximate surface area is 96.8 Å². The van der Waals surface area contributed by atoms with Crippen molar-refractivity contribution in [1.29, 1.82) is 5.26 Å². The molecule has 0 saturated heterocycles. The number of aromatic nitrogens is 1. The minimum Gasteiger partial charge on any atom is -0.240 e. The molecule has 0 N–H and O–H groups in total. The minimum atomic E-state index is 0.358. The molecule has 74 valence electrons. The average molecular weight is 235 g/mol. The molecule has 0 fully saturated rings. The van der Waals surface area contributed by atoms with E-state index in [1.165, 1.54) is 11.3 Å². The Morgan fingerprint density at radius 2 is 2.33 bits per heavy atom. The van der Waals surface area contributed by atoms with Crippen molar-refractivity contribution in [2.75, 3.05) is 0 Å². The maximum absolute atomic E-state index is 8.54. The fourth-order valence-electron chi connectivity index (χ4n) is 1.22. The summed E-state index contributed by atoms with van der Waals surface area (Å²) in [5.41, 5.74) is 1.81. The summed E-state index contributed by atoms with van der Waals surface area (Å²) in [4.78, 5) is 4.35. The molecule has 0 bridgehead atoms. The lowest BCUT2D eigenvalue weighted by Gasteiger charge is -1.95. The van der Waals surface area contributed by atoms with Crippen LogP contribution in [0.1, 0.15) is 5.69 Å². The van der Waals surface area contributed by atoms with Gasteiger partial charge in [0.2, 0.25) is 0 Å². The fraction of sp³-hybridized carbons (Fsp3) is 0.0909. The summed E-state index contributed by atoms with van der Waals surface area (Å²) in [6.07, 6.45) is 0.358. The molecule has 1 aromatic heterocycles. The summed E-state index contributed by atoms with van der Waals surface area (Å²) in [6, 6.07) is 9.63. The molecule has 0 aliphatic carbocycles. The summed E-state index contributed by atoms with van der Waals surface area (Å²) in [5.74, 6) is 0. The maximum atomic E-state index is 8.54. The van der Waals surface area contributed by atoms with E-state index >= 15 is 0 Å². The van der Waals surface area contributed by atoms with Crippen LogP contribution in [0.4, 0.5) is 0 Å². The Balaban J connectivity index is 2.34. The Kier molecular flexibility index (Phi) is 3.00. The van der Waals surface area contributed by atoms with Gasteiger partial charge in [0.15, 0.2) is 0 Å². The van der Waals surface area contributed by atoms with Gasteiger partial charge in [0.25, 0.3) is 0 Å². The zero-order valence-electron chi connectivity index (χ0n) is 7.77. The molecule has 4 heteroatoms. The normalized spacial score (nSPS) is 9.87. The summed E-state index contributed by atoms with van der Waals surface area (Å²) in [5, 5.41) is 12.0. The predicted octanol–water partition coefficient (Wildman–Crippen LogP) is 3.53. The highest BCUT2D eigenvalue weighted by molar-refractivity contribution is 7.13. The number of hydrogen-bond acceptors (Lipinski definition) is 3. The van der Waals surface area contributed by atoms with Crippen molar-refractivity contribution in [3.8, 4) is 16.6 Å². The lowest BCUT2D eigenvalue weighted by Crippen LogP contribution is -1.81. The molecule has 0 spiro atoms. The van der Waals surface area contributed by atoms with Gasteiger partial charge in [0.1, 0.15) is 5.01 Å². The number of thiazole rings is 1. The first-order valence-corrected chi connectivity index (χ1v) is 5.62. The van der Waals surface area contributed by atoms with Gasteiger partial charge in [0, 0.05) is 16.0 Å². The molecule has 0 saturated carbocycles. The molecule has 0 aliphatic heterocycles. The molecule has 1 heterocycles. The van der Waals surface area contributed by atoms with Crippen LogP contribution in [0.5, 0.6) is 0 Å². The van der Waals surface area contributed by atoms with Gasteiger partial charge in [-0.05, 0) is 12.1 Å². The van der Waals surface area contributed by atoms with Gasteiger partial charge in [-0.2, -0.15) is 5.26 Å². The molecule has 2 aromatic rings. The van der Waals surface area contributed by atoms with Crippen LogP contribution in [-0.4, -0.2) is 4.98 Å². The van der Waals surface area contributed by atoms with Crippen LogP contribution in [0.2, 0.25) is 5.02 Å². The first kappa shape index (κ1) is 10.2. The van der Waals surface area contributed by atoms with Crippen molar-refractivity contribution in [1.82, 2.24) is 4.98 Å². The number of nitriles is 1. The van der Waals surface area contributed by atoms with Crippen LogP contribution in [0, 0.1) is 11.3 Å². The third kappa shape index (κ3) is 2.35. The fourth-order valence-corrected chi connectivity index (χ4v) is 2.23. The third-order valence-corrected chi connectivity index (χ3v) is 3.06. The lowest BCUT2D eigenvalue weighted by molar-refractivity contribution is 1.16. The molecule has 0 atom stereocenters. The largest absolute Gasteiger partial charge is 0.240 e. The van der Waals surface area contributed by atoms with E-state index in [0.717, 1.165) is 16.3 Å². The molecule has 2 nitrogen and oxygen atoms in total. The second kappa shape index (κ2) is 4.43. The number of rotatable bonds is 2. The SMILES string of the molecule is N#CCc1csc(-c2cccc(Cl)c2)n1. The first-order valence-electron chi connectivity index (χ1n) is 4.37. The van der Waals surface area contributed by atoms with Gasteiger partial charge in [-0.3, -0.25) is 0 Å². The Hall–Kier alpha value is -1.37. The van der Waals surface area contributed by atoms with Crippen molar-refractivity contribution >= 4 is 22.9 Å². The lowest BCUT2D eigenvalue weighted by atomic mass is 10.2. The molecule has 0 radical (unpaired) electrons. The van der Waals surface area contributed by atoms with Crippen LogP contribution in [0.3, 0.4) is 0 Å². The van der Waals surface area contributed by atoms with Gasteiger partial charge >= 0.3 is 0 Å². The number of nitrogens with zero attached hydrogens (tertiary/aromatic N) is 2. The molecule has 0 amide bonds. The summed E-state index contributed by atoms with van der Waals surface area (Å²) < 4.78 is 0. The van der Waals surface area contributed by atoms with Crippen molar-refractivity contribution in [3.63, 3.8) is 0 Å². The third-order valence-electron chi connectivity index (χ3n) is 1.88. The van der Waals surface area contributed by atoms with Crippen molar-refractivity contribution in [3.05, 3.63) is 40.4 Å². The predicted molar refractivity (Wildman–Crippen MR) is 61.9 cm³/mol. The second-order valence-corrected chi connectivity index (χ2v) is 4.28. The van der Waals surface area contributed by atoms with E-state index in [0.29, 0.717) is 11.4 Å². The van der Waals surface area contributed by atoms with E-state index in [2.05, 4.69) is 11.1 Å². The van der Waals surface area contributed by atoms with Gasteiger partial charge in [-0.1, -0.05) is 23.7 Å². The van der Waals surface area contributed by atoms with Gasteiger partial charge in [-0.25, -0.2) is 4.98 Å². The molecule has 15 heavy (non-hydrogen) atoms. The van der Waals surface area contributed by atoms with E-state index in [9.17, 15) is 0 Å². The second-order valence-electron chi connectivity index (χ2n) is 2.99. The van der Waals surface area contributed by atoms with Crippen LogP contribution >= 0.6 is 22.9 Å². The van der Waals surface area contributed by atoms with Crippen LogP contribution in [-0.2, 0) is 6.42 Å². The Morgan fingerprint density at radius 1 is 1.47 bits per heavy atom. The molecule has 1 aromatic carbocycles. The topological polar surface area (TPSA) is 36.7 Å². The number of benzene rings is 1. The quantitative estimate of drug-likeness (QED) is 0.797. The van der Waals surface area contributed by atoms with Crippen molar-refractivity contribution in [2.45, 2.75) is 6.42 Å². The van der Waals surface area contributed by atoms with E-state index < -0.39 is 0 Å². The highest BCUT2D eigenvalue weighted by Gasteiger charge is 2.04. The van der Waals surface area contributed by atoms with Gasteiger partial charge in [-0.15, -0.1) is 11.3 Å². The summed E-state index contributed by atoms with van der Waals surface area (Å²) in [6.45, 7) is 0. The number of hydrogen-bond donors (Lipinski definition) is 0. The zero-order valence-corrected chi connectivity index (χ0v) is 9.35. The first-order chi connectivity index (χ1) is 7.29. The standard InChI is InChI=1S/C11H7ClN2S/c12-9-3-1-2-8(6-9)11-14-10(4-5-13)7-15-11/h1-3,6-7H,4H2. The average Bonchev–Trinajstić information content (AvgIpc) is 2.67. The van der Waals surface area contributed by atoms with Crippen LogP contribution in [0.25, 0.3) is 10.6 Å². The monoisotopic (exact) mass is 234 g/mol. The van der Waals surface area contributed by atoms with Crippen LogP contribution < -0.4 is 0 Å². The zero-order chi connectivity index (χ0) is 10.7. The van der Waals surface area contributed by atoms with E-state index in [1.54, 1.807) is 0 Å². The van der Waals surface area contributed by atoms with Crippen LogP contribution in [0.15, 0.2) is 29.6 Å². The van der Waals surface area contributed by atoms with E-state index in [-0.39, 0.29) is 0 Å². The van der Waals surface area contributed by atoms with Gasteiger partial charge in [0.05, 0.1) is 18.2 Å². The minimum absolute atomic E-state index is 0.358. The molecule has 0 aliphatic rings. The van der Waals surface area contributed by atoms with Crippen molar-refractivity contribution in [2.24, 2.45) is 0 Å². The maximum Gasteiger partial charge on any atom is 0.123 e. The smallest absolute Gasteiger partial charge is 0.123 e. The van der Waals surface area contributed by atoms with E-state index in [4.69, 9.17) is 16.9 Å². The Morgan fingerprint density at radius 3 is 3.07 bits per heavy atom.